The molecule has 0 aromatic carbocycles. The van der Waals surface area contributed by atoms with Crippen molar-refractivity contribution in [2.75, 3.05) is 11.9 Å². The van der Waals surface area contributed by atoms with E-state index in [1.807, 2.05) is 24.9 Å². The maximum Gasteiger partial charge on any atom is 0.181 e. The largest absolute Gasteiger partial charge is 0.378 e. The molecule has 4 heterocycles. The van der Waals surface area contributed by atoms with Crippen molar-refractivity contribution in [2.45, 2.75) is 26.5 Å². The molecule has 0 amide bonds. The molecule has 7 heteroatoms. The van der Waals surface area contributed by atoms with Gasteiger partial charge in [0.15, 0.2) is 5.65 Å². The molecule has 0 bridgehead atoms. The van der Waals surface area contributed by atoms with E-state index >= 15 is 0 Å². The third kappa shape index (κ3) is 2.14. The van der Waals surface area contributed by atoms with Gasteiger partial charge in [-0.05, 0) is 13.0 Å². The van der Waals surface area contributed by atoms with Crippen LogP contribution >= 0.6 is 0 Å². The Bertz CT molecular complexity index is 834. The van der Waals surface area contributed by atoms with E-state index in [1.165, 1.54) is 11.3 Å². The minimum absolute atomic E-state index is 0.651. The van der Waals surface area contributed by atoms with E-state index in [1.54, 1.807) is 0 Å². The van der Waals surface area contributed by atoms with Gasteiger partial charge in [-0.15, -0.1) is 0 Å². The number of rotatable bonds is 3. The lowest BCUT2D eigenvalue weighted by molar-refractivity contribution is 0.109. The summed E-state index contributed by atoms with van der Waals surface area (Å²) in [4.78, 5) is 4.36. The SMILES string of the molecule is Cc1[nH]nc2ncc(NCc3c4c(nn3C)CCOC4)cc12. The number of hydrogen-bond acceptors (Lipinski definition) is 5. The average Bonchev–Trinajstić information content (AvgIpc) is 3.05. The minimum Gasteiger partial charge on any atom is -0.378 e. The lowest BCUT2D eigenvalue weighted by Gasteiger charge is -2.13. The van der Waals surface area contributed by atoms with E-state index < -0.39 is 0 Å². The third-order valence-electron chi connectivity index (χ3n) is 4.15. The van der Waals surface area contributed by atoms with E-state index in [0.29, 0.717) is 13.2 Å². The lowest BCUT2D eigenvalue weighted by Crippen LogP contribution is -2.12. The van der Waals surface area contributed by atoms with Crippen LogP contribution in [0.3, 0.4) is 0 Å². The highest BCUT2D eigenvalue weighted by atomic mass is 16.5. The standard InChI is InChI=1S/C15H18N6O/c1-9-11-5-10(6-17-15(11)19-18-9)16-7-14-12-8-22-4-3-13(12)20-21(14)2/h5-6,16H,3-4,7-8H2,1-2H3,(H,17,18,19). The van der Waals surface area contributed by atoms with Gasteiger partial charge in [0.1, 0.15) is 0 Å². The van der Waals surface area contributed by atoms with E-state index in [4.69, 9.17) is 4.74 Å². The van der Waals surface area contributed by atoms with Gasteiger partial charge in [0.25, 0.3) is 0 Å². The van der Waals surface area contributed by atoms with E-state index in [0.717, 1.165) is 41.1 Å². The van der Waals surface area contributed by atoms with Crippen molar-refractivity contribution in [3.8, 4) is 0 Å². The Balaban J connectivity index is 1.59. The second kappa shape index (κ2) is 5.10. The summed E-state index contributed by atoms with van der Waals surface area (Å²) in [6.45, 7) is 4.11. The van der Waals surface area contributed by atoms with Crippen LogP contribution in [-0.2, 0) is 31.4 Å². The molecule has 0 saturated heterocycles. The summed E-state index contributed by atoms with van der Waals surface area (Å²) in [5, 5.41) is 16.2. The number of aromatic amines is 1. The van der Waals surface area contributed by atoms with Gasteiger partial charge in [0.2, 0.25) is 0 Å². The van der Waals surface area contributed by atoms with Crippen molar-refractivity contribution in [1.29, 1.82) is 0 Å². The topological polar surface area (TPSA) is 80.7 Å². The van der Waals surface area contributed by atoms with Crippen LogP contribution in [0.2, 0.25) is 0 Å². The van der Waals surface area contributed by atoms with Crippen LogP contribution in [0.4, 0.5) is 5.69 Å². The molecule has 2 N–H and O–H groups in total. The Morgan fingerprint density at radius 1 is 1.45 bits per heavy atom. The molecule has 1 aliphatic rings. The summed E-state index contributed by atoms with van der Waals surface area (Å²) < 4.78 is 7.50. The highest BCUT2D eigenvalue weighted by Crippen LogP contribution is 2.22. The Labute approximate surface area is 127 Å². The second-order valence-corrected chi connectivity index (χ2v) is 5.60. The first-order valence-electron chi connectivity index (χ1n) is 7.38. The second-order valence-electron chi connectivity index (χ2n) is 5.60. The molecule has 0 radical (unpaired) electrons. The van der Waals surface area contributed by atoms with Gasteiger partial charge in [0, 0.05) is 30.1 Å². The van der Waals surface area contributed by atoms with Crippen LogP contribution in [0.25, 0.3) is 11.0 Å². The zero-order valence-corrected chi connectivity index (χ0v) is 12.7. The fourth-order valence-corrected chi connectivity index (χ4v) is 2.90. The summed E-state index contributed by atoms with van der Waals surface area (Å²) in [7, 11) is 1.98. The van der Waals surface area contributed by atoms with Crippen LogP contribution < -0.4 is 5.32 Å². The van der Waals surface area contributed by atoms with Crippen molar-refractivity contribution in [2.24, 2.45) is 7.05 Å². The number of aryl methyl sites for hydroxylation is 2. The van der Waals surface area contributed by atoms with Gasteiger partial charge in [-0.1, -0.05) is 0 Å². The molecule has 0 atom stereocenters. The number of fused-ring (bicyclic) bond motifs is 2. The van der Waals surface area contributed by atoms with Crippen molar-refractivity contribution in [1.82, 2.24) is 25.0 Å². The maximum absolute atomic E-state index is 5.56. The quantitative estimate of drug-likeness (QED) is 0.769. The number of ether oxygens (including phenoxy) is 1. The first kappa shape index (κ1) is 13.3. The summed E-state index contributed by atoms with van der Waals surface area (Å²) in [5.74, 6) is 0. The predicted octanol–water partition coefficient (Wildman–Crippen LogP) is 1.68. The predicted molar refractivity (Wildman–Crippen MR) is 82.5 cm³/mol. The summed E-state index contributed by atoms with van der Waals surface area (Å²) in [6, 6.07) is 2.07. The fraction of sp³-hybridized carbons (Fsp3) is 0.400. The Hall–Kier alpha value is -2.41. The first-order chi connectivity index (χ1) is 10.7. The molecule has 1 aliphatic heterocycles. The number of pyridine rings is 1. The maximum atomic E-state index is 5.56. The summed E-state index contributed by atoms with van der Waals surface area (Å²) in [6.07, 6.45) is 2.70. The van der Waals surface area contributed by atoms with Gasteiger partial charge in [-0.2, -0.15) is 10.2 Å². The average molecular weight is 298 g/mol. The number of anilines is 1. The molecular weight excluding hydrogens is 280 g/mol. The van der Waals surface area contributed by atoms with Crippen molar-refractivity contribution < 1.29 is 4.74 Å². The fourth-order valence-electron chi connectivity index (χ4n) is 2.90. The first-order valence-corrected chi connectivity index (χ1v) is 7.38. The van der Waals surface area contributed by atoms with Gasteiger partial charge >= 0.3 is 0 Å². The molecule has 3 aromatic heterocycles. The highest BCUT2D eigenvalue weighted by molar-refractivity contribution is 5.80. The van der Waals surface area contributed by atoms with Crippen molar-refractivity contribution >= 4 is 16.7 Å². The number of hydrogen-bond donors (Lipinski definition) is 2. The summed E-state index contributed by atoms with van der Waals surface area (Å²) in [5.41, 5.74) is 6.29. The van der Waals surface area contributed by atoms with Crippen LogP contribution in [-0.4, -0.2) is 31.6 Å². The van der Waals surface area contributed by atoms with Gasteiger partial charge in [0.05, 0.1) is 43.0 Å². The third-order valence-corrected chi connectivity index (χ3v) is 4.15. The van der Waals surface area contributed by atoms with Gasteiger partial charge in [-0.3, -0.25) is 9.78 Å². The molecule has 0 saturated carbocycles. The van der Waals surface area contributed by atoms with Crippen molar-refractivity contribution in [3.05, 3.63) is 34.9 Å². The molecule has 0 spiro atoms. The van der Waals surface area contributed by atoms with Gasteiger partial charge < -0.3 is 10.1 Å². The zero-order valence-electron chi connectivity index (χ0n) is 12.7. The highest BCUT2D eigenvalue weighted by Gasteiger charge is 2.19. The smallest absolute Gasteiger partial charge is 0.181 e. The van der Waals surface area contributed by atoms with Crippen LogP contribution in [0.1, 0.15) is 22.6 Å². The van der Waals surface area contributed by atoms with Crippen LogP contribution in [0, 0.1) is 6.92 Å². The Morgan fingerprint density at radius 3 is 3.27 bits per heavy atom. The monoisotopic (exact) mass is 298 g/mol. The molecule has 4 rings (SSSR count). The van der Waals surface area contributed by atoms with Gasteiger partial charge in [-0.25, -0.2) is 4.98 Å². The molecule has 0 aliphatic carbocycles. The number of aromatic nitrogens is 5. The normalized spacial score (nSPS) is 14.3. The number of nitrogens with one attached hydrogen (secondary N) is 2. The molecule has 22 heavy (non-hydrogen) atoms. The Morgan fingerprint density at radius 2 is 2.36 bits per heavy atom. The van der Waals surface area contributed by atoms with E-state index in [9.17, 15) is 0 Å². The molecule has 114 valence electrons. The molecule has 0 unspecified atom stereocenters. The summed E-state index contributed by atoms with van der Waals surface area (Å²) >= 11 is 0. The number of H-pyrrole nitrogens is 1. The molecule has 0 fully saturated rings. The van der Waals surface area contributed by atoms with E-state index in [2.05, 4.69) is 31.7 Å². The molecule has 3 aromatic rings. The number of nitrogens with zero attached hydrogens (tertiary/aromatic N) is 4. The lowest BCUT2D eigenvalue weighted by atomic mass is 10.1. The zero-order chi connectivity index (χ0) is 15.1. The van der Waals surface area contributed by atoms with Crippen LogP contribution in [0.5, 0.6) is 0 Å². The Kier molecular flexibility index (Phi) is 3.07. The molecule has 7 nitrogen and oxygen atoms in total. The van der Waals surface area contributed by atoms with Crippen LogP contribution in [0.15, 0.2) is 12.3 Å². The van der Waals surface area contributed by atoms with Crippen molar-refractivity contribution in [3.63, 3.8) is 0 Å². The molecular formula is C15H18N6O. The van der Waals surface area contributed by atoms with E-state index in [-0.39, 0.29) is 0 Å². The minimum atomic E-state index is 0.651.